The van der Waals surface area contributed by atoms with Gasteiger partial charge < -0.3 is 9.84 Å². The van der Waals surface area contributed by atoms with E-state index in [0.717, 1.165) is 18.2 Å². The molecule has 0 unspecified atom stereocenters. The molecule has 1 rings (SSSR count). The van der Waals surface area contributed by atoms with Gasteiger partial charge in [-0.3, -0.25) is 4.98 Å². The van der Waals surface area contributed by atoms with Gasteiger partial charge in [0.25, 0.3) is 0 Å². The van der Waals surface area contributed by atoms with E-state index in [1.54, 1.807) is 12.3 Å². The second kappa shape index (κ2) is 10.0. The molecule has 0 radical (unpaired) electrons. The molecule has 4 heteroatoms. The number of carboxylic acid groups (broad SMARTS) is 1. The first-order valence-corrected chi connectivity index (χ1v) is 7.22. The van der Waals surface area contributed by atoms with Crippen LogP contribution in [0.25, 0.3) is 6.08 Å². The minimum Gasteiger partial charge on any atom is -0.492 e. The van der Waals surface area contributed by atoms with E-state index in [0.29, 0.717) is 12.3 Å². The third kappa shape index (κ3) is 7.56. The van der Waals surface area contributed by atoms with Crippen molar-refractivity contribution in [1.29, 1.82) is 0 Å². The van der Waals surface area contributed by atoms with Gasteiger partial charge in [0.05, 0.1) is 18.5 Å². The predicted octanol–water partition coefficient (Wildman–Crippen LogP) is 3.92. The van der Waals surface area contributed by atoms with E-state index in [9.17, 15) is 4.79 Å². The molecule has 4 nitrogen and oxygen atoms in total. The van der Waals surface area contributed by atoms with Crippen LogP contribution in [0, 0.1) is 0 Å². The minimum absolute atomic E-state index is 0.610. The summed E-state index contributed by atoms with van der Waals surface area (Å²) in [6, 6.07) is 3.56. The lowest BCUT2D eigenvalue weighted by Gasteiger charge is -2.05. The van der Waals surface area contributed by atoms with Crippen molar-refractivity contribution in [3.8, 4) is 5.75 Å². The van der Waals surface area contributed by atoms with Crippen LogP contribution >= 0.6 is 0 Å². The Morgan fingerprint density at radius 2 is 2.00 bits per heavy atom. The molecule has 0 bridgehead atoms. The van der Waals surface area contributed by atoms with Gasteiger partial charge in [0.15, 0.2) is 0 Å². The van der Waals surface area contributed by atoms with Gasteiger partial charge in [0.1, 0.15) is 5.75 Å². The number of carboxylic acids is 1. The first-order chi connectivity index (χ1) is 9.72. The van der Waals surface area contributed by atoms with Crippen molar-refractivity contribution >= 4 is 12.0 Å². The van der Waals surface area contributed by atoms with E-state index < -0.39 is 5.97 Å². The Morgan fingerprint density at radius 1 is 1.25 bits per heavy atom. The first-order valence-electron chi connectivity index (χ1n) is 7.22. The average Bonchev–Trinajstić information content (AvgIpc) is 2.45. The smallest absolute Gasteiger partial charge is 0.328 e. The van der Waals surface area contributed by atoms with Crippen LogP contribution in [0.5, 0.6) is 5.75 Å². The van der Waals surface area contributed by atoms with Crippen molar-refractivity contribution in [2.45, 2.75) is 45.4 Å². The van der Waals surface area contributed by atoms with E-state index in [2.05, 4.69) is 11.9 Å². The number of nitrogens with zero attached hydrogens (tertiary/aromatic N) is 1. The Hall–Kier alpha value is -1.84. The highest BCUT2D eigenvalue weighted by Gasteiger charge is 1.96. The SMILES string of the molecule is CCCCCCCCOc1ccc(C=CC(=O)O)nc1. The number of hydrogen-bond acceptors (Lipinski definition) is 3. The lowest BCUT2D eigenvalue weighted by Crippen LogP contribution is -1.98. The van der Waals surface area contributed by atoms with Crippen molar-refractivity contribution in [2.75, 3.05) is 6.61 Å². The molecule has 0 aromatic carbocycles. The molecule has 0 fully saturated rings. The molecule has 0 amide bonds. The Labute approximate surface area is 120 Å². The second-order valence-corrected chi connectivity index (χ2v) is 4.71. The number of hydrogen-bond donors (Lipinski definition) is 1. The summed E-state index contributed by atoms with van der Waals surface area (Å²) in [5.74, 6) is -0.249. The summed E-state index contributed by atoms with van der Waals surface area (Å²) in [6.45, 7) is 2.92. The Balaban J connectivity index is 2.20. The quantitative estimate of drug-likeness (QED) is 0.520. The van der Waals surface area contributed by atoms with Crippen LogP contribution in [0.15, 0.2) is 24.4 Å². The van der Waals surface area contributed by atoms with Crippen molar-refractivity contribution in [3.05, 3.63) is 30.1 Å². The van der Waals surface area contributed by atoms with Crippen LogP contribution in [-0.2, 0) is 4.79 Å². The van der Waals surface area contributed by atoms with Crippen molar-refractivity contribution in [3.63, 3.8) is 0 Å². The van der Waals surface area contributed by atoms with Crippen LogP contribution in [0.2, 0.25) is 0 Å². The standard InChI is InChI=1S/C16H23NO3/c1-2-3-4-5-6-7-12-20-15-10-8-14(17-13-15)9-11-16(18)19/h8-11,13H,2-7,12H2,1H3,(H,18,19). The molecule has 0 saturated carbocycles. The summed E-state index contributed by atoms with van der Waals surface area (Å²) in [7, 11) is 0. The van der Waals surface area contributed by atoms with Crippen LogP contribution in [0.1, 0.15) is 51.1 Å². The zero-order chi connectivity index (χ0) is 14.6. The largest absolute Gasteiger partial charge is 0.492 e. The predicted molar refractivity (Wildman–Crippen MR) is 79.8 cm³/mol. The summed E-state index contributed by atoms with van der Waals surface area (Å²) in [5, 5.41) is 8.51. The molecular formula is C16H23NO3. The maximum Gasteiger partial charge on any atom is 0.328 e. The molecule has 1 aromatic heterocycles. The Morgan fingerprint density at radius 3 is 2.65 bits per heavy atom. The molecule has 20 heavy (non-hydrogen) atoms. The number of rotatable bonds is 10. The Kier molecular flexibility index (Phi) is 8.11. The van der Waals surface area contributed by atoms with E-state index in [1.165, 1.54) is 38.2 Å². The van der Waals surface area contributed by atoms with Gasteiger partial charge in [-0.1, -0.05) is 39.0 Å². The van der Waals surface area contributed by atoms with Gasteiger partial charge in [-0.05, 0) is 24.6 Å². The van der Waals surface area contributed by atoms with Gasteiger partial charge in [-0.15, -0.1) is 0 Å². The van der Waals surface area contributed by atoms with E-state index in [1.807, 2.05) is 6.07 Å². The summed E-state index contributed by atoms with van der Waals surface area (Å²) in [4.78, 5) is 14.5. The van der Waals surface area contributed by atoms with Crippen LogP contribution in [0.3, 0.4) is 0 Å². The highest BCUT2D eigenvalue weighted by atomic mass is 16.5. The maximum absolute atomic E-state index is 10.4. The van der Waals surface area contributed by atoms with Gasteiger partial charge >= 0.3 is 5.97 Å². The summed E-state index contributed by atoms with van der Waals surface area (Å²) < 4.78 is 5.59. The molecule has 1 N–H and O–H groups in total. The third-order valence-corrected chi connectivity index (χ3v) is 2.92. The van der Waals surface area contributed by atoms with Crippen molar-refractivity contribution in [1.82, 2.24) is 4.98 Å². The molecule has 1 heterocycles. The van der Waals surface area contributed by atoms with Crippen LogP contribution in [0.4, 0.5) is 0 Å². The number of pyridine rings is 1. The molecule has 0 atom stereocenters. The van der Waals surface area contributed by atoms with E-state index >= 15 is 0 Å². The second-order valence-electron chi connectivity index (χ2n) is 4.71. The highest BCUT2D eigenvalue weighted by molar-refractivity contribution is 5.84. The molecule has 110 valence electrons. The van der Waals surface area contributed by atoms with Gasteiger partial charge in [-0.25, -0.2) is 4.79 Å². The number of unbranched alkanes of at least 4 members (excludes halogenated alkanes) is 5. The van der Waals surface area contributed by atoms with Crippen molar-refractivity contribution < 1.29 is 14.6 Å². The first kappa shape index (κ1) is 16.2. The molecule has 0 spiro atoms. The number of ether oxygens (including phenoxy) is 1. The highest BCUT2D eigenvalue weighted by Crippen LogP contribution is 2.11. The fourth-order valence-electron chi connectivity index (χ4n) is 1.80. The zero-order valence-corrected chi connectivity index (χ0v) is 12.0. The van der Waals surface area contributed by atoms with Crippen LogP contribution in [-0.4, -0.2) is 22.7 Å². The van der Waals surface area contributed by atoms with E-state index in [-0.39, 0.29) is 0 Å². The summed E-state index contributed by atoms with van der Waals surface area (Å²) in [5.41, 5.74) is 0.610. The Bertz CT molecular complexity index is 412. The lowest BCUT2D eigenvalue weighted by molar-refractivity contribution is -0.131. The third-order valence-electron chi connectivity index (χ3n) is 2.92. The van der Waals surface area contributed by atoms with Crippen LogP contribution < -0.4 is 4.74 Å². The molecule has 1 aromatic rings. The van der Waals surface area contributed by atoms with Gasteiger partial charge in [-0.2, -0.15) is 0 Å². The average molecular weight is 277 g/mol. The number of carbonyl (C=O) groups is 1. The maximum atomic E-state index is 10.4. The van der Waals surface area contributed by atoms with Crippen molar-refractivity contribution in [2.24, 2.45) is 0 Å². The minimum atomic E-state index is -0.977. The lowest BCUT2D eigenvalue weighted by atomic mass is 10.1. The molecule has 0 aliphatic carbocycles. The van der Waals surface area contributed by atoms with E-state index in [4.69, 9.17) is 9.84 Å². The normalized spacial score (nSPS) is 10.8. The number of aliphatic carboxylic acids is 1. The van der Waals surface area contributed by atoms with Gasteiger partial charge in [0.2, 0.25) is 0 Å². The molecule has 0 saturated heterocycles. The number of aromatic nitrogens is 1. The zero-order valence-electron chi connectivity index (χ0n) is 12.0. The molecular weight excluding hydrogens is 254 g/mol. The molecule has 0 aliphatic rings. The van der Waals surface area contributed by atoms with Gasteiger partial charge in [0, 0.05) is 6.08 Å². The fourth-order valence-corrected chi connectivity index (χ4v) is 1.80. The topological polar surface area (TPSA) is 59.4 Å². The molecule has 0 aliphatic heterocycles. The summed E-state index contributed by atoms with van der Waals surface area (Å²) in [6.07, 6.45) is 11.6. The fraction of sp³-hybridized carbons (Fsp3) is 0.500. The monoisotopic (exact) mass is 277 g/mol. The summed E-state index contributed by atoms with van der Waals surface area (Å²) >= 11 is 0.